The Bertz CT molecular complexity index is 445. The van der Waals surface area contributed by atoms with E-state index in [1.54, 1.807) is 18.2 Å². The van der Waals surface area contributed by atoms with E-state index in [9.17, 15) is 9.59 Å². The molecular weight excluding hydrogens is 333 g/mol. The number of amides is 1. The van der Waals surface area contributed by atoms with E-state index in [4.69, 9.17) is 5.11 Å². The largest absolute Gasteiger partial charge is 0.480 e. The van der Waals surface area contributed by atoms with Crippen molar-refractivity contribution in [3.8, 4) is 0 Å². The molecule has 0 aromatic heterocycles. The van der Waals surface area contributed by atoms with Gasteiger partial charge in [-0.3, -0.25) is 9.59 Å². The maximum atomic E-state index is 12.1. The first-order valence-electron chi connectivity index (χ1n) is 4.92. The lowest BCUT2D eigenvalue weighted by Gasteiger charge is -2.19. The van der Waals surface area contributed by atoms with E-state index in [2.05, 4.69) is 29.2 Å². The molecule has 0 heterocycles. The normalized spacial score (nSPS) is 9.71. The second kappa shape index (κ2) is 6.39. The maximum Gasteiger partial charge on any atom is 0.323 e. The number of carbonyl (C=O) groups excluding carboxylic acids is 1. The fourth-order valence-electron chi connectivity index (χ4n) is 1.34. The lowest BCUT2D eigenvalue weighted by Crippen LogP contribution is -2.36. The van der Waals surface area contributed by atoms with Crippen molar-refractivity contribution < 1.29 is 14.7 Å². The van der Waals surface area contributed by atoms with Crippen molar-refractivity contribution in [2.45, 2.75) is 0 Å². The van der Waals surface area contributed by atoms with Crippen molar-refractivity contribution in [2.24, 2.45) is 0 Å². The van der Waals surface area contributed by atoms with Crippen molar-refractivity contribution in [1.29, 1.82) is 0 Å². The van der Waals surface area contributed by atoms with Crippen LogP contribution >= 0.6 is 22.6 Å². The van der Waals surface area contributed by atoms with Crippen LogP contribution in [0, 0.1) is 3.57 Å². The summed E-state index contributed by atoms with van der Waals surface area (Å²) in [6.07, 6.45) is 1.51. The molecule has 17 heavy (non-hydrogen) atoms. The molecule has 0 radical (unpaired) electrons. The molecule has 1 aromatic rings. The van der Waals surface area contributed by atoms with Gasteiger partial charge in [-0.25, -0.2) is 0 Å². The van der Waals surface area contributed by atoms with Crippen LogP contribution in [0.15, 0.2) is 36.9 Å². The minimum Gasteiger partial charge on any atom is -0.480 e. The number of rotatable bonds is 5. The number of carbonyl (C=O) groups is 2. The molecule has 0 saturated heterocycles. The molecule has 0 bridgehead atoms. The van der Waals surface area contributed by atoms with Crippen molar-refractivity contribution in [3.63, 3.8) is 0 Å². The van der Waals surface area contributed by atoms with Crippen molar-refractivity contribution in [1.82, 2.24) is 4.90 Å². The first-order chi connectivity index (χ1) is 8.06. The fourth-order valence-corrected chi connectivity index (χ4v) is 1.96. The highest BCUT2D eigenvalue weighted by Gasteiger charge is 2.18. The smallest absolute Gasteiger partial charge is 0.323 e. The Morgan fingerprint density at radius 1 is 1.41 bits per heavy atom. The third-order valence-electron chi connectivity index (χ3n) is 2.07. The minimum absolute atomic E-state index is 0.218. The SMILES string of the molecule is C=CCN(CC(=O)O)C(=O)c1ccccc1I. The van der Waals surface area contributed by atoms with Gasteiger partial charge in [0.15, 0.2) is 0 Å². The number of hydrogen-bond acceptors (Lipinski definition) is 2. The molecule has 4 nitrogen and oxygen atoms in total. The monoisotopic (exact) mass is 345 g/mol. The highest BCUT2D eigenvalue weighted by molar-refractivity contribution is 14.1. The van der Waals surface area contributed by atoms with Gasteiger partial charge in [-0.2, -0.15) is 0 Å². The Kier molecular flexibility index (Phi) is 5.14. The molecule has 1 aromatic carbocycles. The number of halogens is 1. The Balaban J connectivity index is 2.95. The topological polar surface area (TPSA) is 57.6 Å². The van der Waals surface area contributed by atoms with Gasteiger partial charge in [-0.15, -0.1) is 6.58 Å². The molecule has 0 aliphatic rings. The predicted molar refractivity (Wildman–Crippen MR) is 72.9 cm³/mol. The molecule has 0 fully saturated rings. The van der Waals surface area contributed by atoms with Crippen LogP contribution in [0.5, 0.6) is 0 Å². The molecule has 0 aliphatic heterocycles. The minimum atomic E-state index is -1.04. The summed E-state index contributed by atoms with van der Waals surface area (Å²) in [6.45, 7) is 3.41. The number of aliphatic carboxylic acids is 1. The van der Waals surface area contributed by atoms with Crippen LogP contribution in [0.3, 0.4) is 0 Å². The van der Waals surface area contributed by atoms with Crippen molar-refractivity contribution in [2.75, 3.05) is 13.1 Å². The van der Waals surface area contributed by atoms with Crippen molar-refractivity contribution in [3.05, 3.63) is 46.1 Å². The standard InChI is InChI=1S/C12H12INO3/c1-2-7-14(8-11(15)16)12(17)9-5-3-4-6-10(9)13/h2-6H,1,7-8H2,(H,15,16). The average Bonchev–Trinajstić information content (AvgIpc) is 2.28. The van der Waals surface area contributed by atoms with Crippen LogP contribution in [0.25, 0.3) is 0 Å². The fraction of sp³-hybridized carbons (Fsp3) is 0.167. The molecule has 0 aliphatic carbocycles. The van der Waals surface area contributed by atoms with Crippen LogP contribution in [-0.2, 0) is 4.79 Å². The predicted octanol–water partition coefficient (Wildman–Crippen LogP) is 2.00. The summed E-state index contributed by atoms with van der Waals surface area (Å²) in [5, 5.41) is 8.75. The molecular formula is C12H12INO3. The number of hydrogen-bond donors (Lipinski definition) is 1. The number of carboxylic acid groups (broad SMARTS) is 1. The van der Waals surface area contributed by atoms with E-state index < -0.39 is 5.97 Å². The lowest BCUT2D eigenvalue weighted by molar-refractivity contribution is -0.137. The number of carboxylic acids is 1. The molecule has 0 saturated carbocycles. The first-order valence-corrected chi connectivity index (χ1v) is 6.00. The summed E-state index contributed by atoms with van der Waals surface area (Å²) in [4.78, 5) is 24.0. The summed E-state index contributed by atoms with van der Waals surface area (Å²) in [5.74, 6) is -1.33. The van der Waals surface area contributed by atoms with Gasteiger partial charge < -0.3 is 10.0 Å². The van der Waals surface area contributed by atoms with Gasteiger partial charge in [0, 0.05) is 10.1 Å². The molecule has 1 amide bonds. The zero-order valence-electron chi connectivity index (χ0n) is 9.10. The van der Waals surface area contributed by atoms with E-state index in [0.717, 1.165) is 3.57 Å². The summed E-state index contributed by atoms with van der Waals surface area (Å²) in [5.41, 5.74) is 0.510. The number of nitrogens with zero attached hydrogens (tertiary/aromatic N) is 1. The van der Waals surface area contributed by atoms with Crippen LogP contribution in [0.4, 0.5) is 0 Å². The Morgan fingerprint density at radius 2 is 2.06 bits per heavy atom. The van der Waals surface area contributed by atoms with Gasteiger partial charge in [-0.05, 0) is 34.7 Å². The molecule has 0 spiro atoms. The third kappa shape index (κ3) is 3.85. The summed E-state index contributed by atoms with van der Waals surface area (Å²) < 4.78 is 0.801. The Morgan fingerprint density at radius 3 is 2.59 bits per heavy atom. The maximum absolute atomic E-state index is 12.1. The molecule has 90 valence electrons. The second-order valence-electron chi connectivity index (χ2n) is 3.35. The molecule has 0 atom stereocenters. The Labute approximate surface area is 113 Å². The van der Waals surface area contributed by atoms with Crippen molar-refractivity contribution >= 4 is 34.5 Å². The van der Waals surface area contributed by atoms with Crippen LogP contribution in [0.1, 0.15) is 10.4 Å². The van der Waals surface area contributed by atoms with E-state index in [0.29, 0.717) is 5.56 Å². The summed E-state index contributed by atoms with van der Waals surface area (Å²) in [7, 11) is 0. The van der Waals surface area contributed by atoms with Crippen LogP contribution < -0.4 is 0 Å². The van der Waals surface area contributed by atoms with E-state index in [1.165, 1.54) is 11.0 Å². The van der Waals surface area contributed by atoms with E-state index >= 15 is 0 Å². The first kappa shape index (κ1) is 13.7. The quantitative estimate of drug-likeness (QED) is 0.656. The van der Waals surface area contributed by atoms with E-state index in [1.807, 2.05) is 6.07 Å². The molecule has 1 N–H and O–H groups in total. The second-order valence-corrected chi connectivity index (χ2v) is 4.51. The molecule has 1 rings (SSSR count). The van der Waals surface area contributed by atoms with E-state index in [-0.39, 0.29) is 19.0 Å². The van der Waals surface area contributed by atoms with Crippen LogP contribution in [-0.4, -0.2) is 35.0 Å². The van der Waals surface area contributed by atoms with Gasteiger partial charge in [-0.1, -0.05) is 18.2 Å². The highest BCUT2D eigenvalue weighted by atomic mass is 127. The van der Waals surface area contributed by atoms with Gasteiger partial charge in [0.05, 0.1) is 5.56 Å². The van der Waals surface area contributed by atoms with Gasteiger partial charge in [0.25, 0.3) is 5.91 Å². The van der Waals surface area contributed by atoms with Crippen LogP contribution in [0.2, 0.25) is 0 Å². The zero-order chi connectivity index (χ0) is 12.8. The summed E-state index contributed by atoms with van der Waals surface area (Å²) >= 11 is 2.05. The zero-order valence-corrected chi connectivity index (χ0v) is 11.3. The highest BCUT2D eigenvalue weighted by Crippen LogP contribution is 2.14. The Hall–Kier alpha value is -1.37. The summed E-state index contributed by atoms with van der Waals surface area (Å²) in [6, 6.07) is 7.07. The molecule has 5 heteroatoms. The average molecular weight is 345 g/mol. The van der Waals surface area contributed by atoms with Gasteiger partial charge >= 0.3 is 5.97 Å². The molecule has 0 unspecified atom stereocenters. The van der Waals surface area contributed by atoms with Gasteiger partial charge in [0.1, 0.15) is 6.54 Å². The number of benzene rings is 1. The third-order valence-corrected chi connectivity index (χ3v) is 3.01. The van der Waals surface area contributed by atoms with Gasteiger partial charge in [0.2, 0.25) is 0 Å². The lowest BCUT2D eigenvalue weighted by atomic mass is 10.2.